The molecule has 0 aliphatic rings. The molecule has 144 valence electrons. The molecule has 0 aromatic heterocycles. The van der Waals surface area contributed by atoms with E-state index in [1.807, 2.05) is 68.4 Å². The van der Waals surface area contributed by atoms with Gasteiger partial charge in [-0.05, 0) is 49.6 Å². The number of hydrogen-bond acceptors (Lipinski definition) is 3. The number of benzene rings is 3. The molecule has 2 amide bonds. The van der Waals surface area contributed by atoms with Gasteiger partial charge in [0.15, 0.2) is 0 Å². The predicted molar refractivity (Wildman–Crippen MR) is 115 cm³/mol. The molecule has 0 aliphatic heterocycles. The summed E-state index contributed by atoms with van der Waals surface area (Å²) in [5, 5.41) is 8.15. The van der Waals surface area contributed by atoms with E-state index in [0.717, 1.165) is 22.1 Å². The van der Waals surface area contributed by atoms with Crippen molar-refractivity contribution in [3.63, 3.8) is 0 Å². The summed E-state index contributed by atoms with van der Waals surface area (Å²) in [6, 6.07) is 21.0. The Labute approximate surface area is 165 Å². The molecule has 0 saturated heterocycles. The van der Waals surface area contributed by atoms with E-state index in [4.69, 9.17) is 0 Å². The van der Waals surface area contributed by atoms with Gasteiger partial charge in [-0.15, -0.1) is 0 Å². The Morgan fingerprint density at radius 3 is 2.25 bits per heavy atom. The minimum Gasteiger partial charge on any atom is -0.376 e. The van der Waals surface area contributed by atoms with Crippen molar-refractivity contribution in [1.29, 1.82) is 0 Å². The van der Waals surface area contributed by atoms with Crippen LogP contribution in [-0.2, 0) is 4.79 Å². The minimum absolute atomic E-state index is 0.0187. The van der Waals surface area contributed by atoms with Crippen molar-refractivity contribution in [2.45, 2.75) is 13.8 Å². The lowest BCUT2D eigenvalue weighted by atomic mass is 10.1. The summed E-state index contributed by atoms with van der Waals surface area (Å²) in [4.78, 5) is 26.5. The molecule has 3 aromatic carbocycles. The van der Waals surface area contributed by atoms with Crippen molar-refractivity contribution in [3.8, 4) is 0 Å². The summed E-state index contributed by atoms with van der Waals surface area (Å²) >= 11 is 0. The molecule has 3 aromatic rings. The van der Waals surface area contributed by atoms with E-state index >= 15 is 0 Å². The summed E-state index contributed by atoms with van der Waals surface area (Å²) in [5.41, 5.74) is 2.24. The maximum absolute atomic E-state index is 12.3. The fourth-order valence-corrected chi connectivity index (χ4v) is 3.14. The summed E-state index contributed by atoms with van der Waals surface area (Å²) in [7, 11) is 0. The molecule has 28 heavy (non-hydrogen) atoms. The number of nitrogens with one attached hydrogen (secondary N) is 2. The maximum atomic E-state index is 12.3. The van der Waals surface area contributed by atoms with Crippen LogP contribution in [-0.4, -0.2) is 36.3 Å². The van der Waals surface area contributed by atoms with Crippen LogP contribution in [0.25, 0.3) is 10.8 Å². The Balaban J connectivity index is 1.59. The third-order valence-electron chi connectivity index (χ3n) is 4.70. The molecule has 0 aliphatic carbocycles. The zero-order chi connectivity index (χ0) is 19.9. The number of nitrogens with zero attached hydrogens (tertiary/aromatic N) is 1. The average Bonchev–Trinajstić information content (AvgIpc) is 2.74. The zero-order valence-electron chi connectivity index (χ0n) is 16.2. The van der Waals surface area contributed by atoms with E-state index in [1.54, 1.807) is 17.0 Å². The molecule has 0 bridgehead atoms. The smallest absolute Gasteiger partial charge is 0.253 e. The highest BCUT2D eigenvalue weighted by Gasteiger charge is 2.12. The topological polar surface area (TPSA) is 61.4 Å². The van der Waals surface area contributed by atoms with Crippen LogP contribution in [0.5, 0.6) is 0 Å². The van der Waals surface area contributed by atoms with Crippen LogP contribution in [0.2, 0.25) is 0 Å². The normalized spacial score (nSPS) is 10.5. The Hall–Kier alpha value is -3.34. The van der Waals surface area contributed by atoms with Gasteiger partial charge in [0.05, 0.1) is 6.54 Å². The SMILES string of the molecule is CCN(CC)C(=O)c1ccc(NCC(=O)Nc2cccc3ccccc23)cc1. The Morgan fingerprint density at radius 1 is 0.857 bits per heavy atom. The first kappa shape index (κ1) is 19.4. The van der Waals surface area contributed by atoms with Crippen LogP contribution in [0.1, 0.15) is 24.2 Å². The molecule has 0 atom stereocenters. The predicted octanol–water partition coefficient (Wildman–Crippen LogP) is 4.37. The van der Waals surface area contributed by atoms with Crippen molar-refractivity contribution in [2.24, 2.45) is 0 Å². The quantitative estimate of drug-likeness (QED) is 0.644. The number of rotatable bonds is 7. The second-order valence-corrected chi connectivity index (χ2v) is 6.48. The number of carbonyl (C=O) groups is 2. The van der Waals surface area contributed by atoms with Crippen LogP contribution in [0.4, 0.5) is 11.4 Å². The fourth-order valence-electron chi connectivity index (χ4n) is 3.14. The highest BCUT2D eigenvalue weighted by Crippen LogP contribution is 2.22. The standard InChI is InChI=1S/C23H25N3O2/c1-3-26(4-2)23(28)18-12-14-19(15-13-18)24-16-22(27)25-21-11-7-9-17-8-5-6-10-20(17)21/h5-15,24H,3-4,16H2,1-2H3,(H,25,27). The first-order valence-corrected chi connectivity index (χ1v) is 9.53. The molecule has 3 rings (SSSR count). The first-order valence-electron chi connectivity index (χ1n) is 9.53. The number of hydrogen-bond donors (Lipinski definition) is 2. The molecule has 5 heteroatoms. The molecule has 2 N–H and O–H groups in total. The number of fused-ring (bicyclic) bond motifs is 1. The maximum Gasteiger partial charge on any atom is 0.253 e. The lowest BCUT2D eigenvalue weighted by Crippen LogP contribution is -2.30. The fraction of sp³-hybridized carbons (Fsp3) is 0.217. The van der Waals surface area contributed by atoms with Crippen LogP contribution in [0, 0.1) is 0 Å². The van der Waals surface area contributed by atoms with Gasteiger partial charge in [-0.1, -0.05) is 36.4 Å². The minimum atomic E-state index is -0.125. The van der Waals surface area contributed by atoms with Gasteiger partial charge in [-0.3, -0.25) is 9.59 Å². The highest BCUT2D eigenvalue weighted by atomic mass is 16.2. The number of anilines is 2. The van der Waals surface area contributed by atoms with Gasteiger partial charge in [0.1, 0.15) is 0 Å². The lowest BCUT2D eigenvalue weighted by molar-refractivity contribution is -0.114. The van der Waals surface area contributed by atoms with Crippen molar-refractivity contribution in [3.05, 3.63) is 72.3 Å². The molecule has 0 spiro atoms. The Morgan fingerprint density at radius 2 is 1.54 bits per heavy atom. The Bertz CT molecular complexity index is 958. The van der Waals surface area contributed by atoms with E-state index in [9.17, 15) is 9.59 Å². The van der Waals surface area contributed by atoms with E-state index < -0.39 is 0 Å². The van der Waals surface area contributed by atoms with Gasteiger partial charge in [0.2, 0.25) is 5.91 Å². The van der Waals surface area contributed by atoms with Crippen molar-refractivity contribution < 1.29 is 9.59 Å². The molecular weight excluding hydrogens is 350 g/mol. The molecule has 0 saturated carbocycles. The van der Waals surface area contributed by atoms with Gasteiger partial charge in [0.25, 0.3) is 5.91 Å². The van der Waals surface area contributed by atoms with Crippen molar-refractivity contribution >= 4 is 34.0 Å². The summed E-state index contributed by atoms with van der Waals surface area (Å²) in [5.74, 6) is -0.107. The molecule has 0 radical (unpaired) electrons. The number of carbonyl (C=O) groups excluding carboxylic acids is 2. The van der Waals surface area contributed by atoms with Gasteiger partial charge in [0, 0.05) is 35.4 Å². The van der Waals surface area contributed by atoms with Crippen molar-refractivity contribution in [2.75, 3.05) is 30.3 Å². The van der Waals surface area contributed by atoms with Crippen molar-refractivity contribution in [1.82, 2.24) is 4.90 Å². The molecule has 5 nitrogen and oxygen atoms in total. The largest absolute Gasteiger partial charge is 0.376 e. The summed E-state index contributed by atoms with van der Waals surface area (Å²) in [6.45, 7) is 5.44. The molecule has 0 heterocycles. The van der Waals surface area contributed by atoms with E-state index in [0.29, 0.717) is 18.7 Å². The van der Waals surface area contributed by atoms with Gasteiger partial charge in [-0.25, -0.2) is 0 Å². The van der Waals surface area contributed by atoms with Crippen LogP contribution < -0.4 is 10.6 Å². The Kier molecular flexibility index (Phi) is 6.27. The summed E-state index contributed by atoms with van der Waals surface area (Å²) in [6.07, 6.45) is 0. The van der Waals surface area contributed by atoms with Crippen LogP contribution in [0.3, 0.4) is 0 Å². The second-order valence-electron chi connectivity index (χ2n) is 6.48. The first-order chi connectivity index (χ1) is 13.6. The van der Waals surface area contributed by atoms with Crippen LogP contribution >= 0.6 is 0 Å². The van der Waals surface area contributed by atoms with E-state index in [2.05, 4.69) is 10.6 Å². The second kappa shape index (κ2) is 9.04. The van der Waals surface area contributed by atoms with Gasteiger partial charge in [-0.2, -0.15) is 0 Å². The van der Waals surface area contributed by atoms with Gasteiger partial charge < -0.3 is 15.5 Å². The molecule has 0 fully saturated rings. The molecule has 0 unspecified atom stereocenters. The molecular formula is C23H25N3O2. The van der Waals surface area contributed by atoms with E-state index in [-0.39, 0.29) is 18.4 Å². The van der Waals surface area contributed by atoms with Gasteiger partial charge >= 0.3 is 0 Å². The third-order valence-corrected chi connectivity index (χ3v) is 4.70. The average molecular weight is 375 g/mol. The monoisotopic (exact) mass is 375 g/mol. The zero-order valence-corrected chi connectivity index (χ0v) is 16.2. The van der Waals surface area contributed by atoms with Crippen LogP contribution in [0.15, 0.2) is 66.7 Å². The summed E-state index contributed by atoms with van der Waals surface area (Å²) < 4.78 is 0. The highest BCUT2D eigenvalue weighted by molar-refractivity contribution is 6.03. The number of amides is 2. The van der Waals surface area contributed by atoms with E-state index in [1.165, 1.54) is 0 Å². The third kappa shape index (κ3) is 4.49. The lowest BCUT2D eigenvalue weighted by Gasteiger charge is -2.18.